The summed E-state index contributed by atoms with van der Waals surface area (Å²) in [5, 5.41) is 1.93. The van der Waals surface area contributed by atoms with E-state index in [2.05, 4.69) is 14.3 Å². The zero-order valence-corrected chi connectivity index (χ0v) is 6.08. The summed E-state index contributed by atoms with van der Waals surface area (Å²) >= 11 is 1.46. The van der Waals surface area contributed by atoms with E-state index in [1.807, 2.05) is 11.4 Å². The molecule has 0 atom stereocenters. The fourth-order valence-corrected chi connectivity index (χ4v) is 0.742. The smallest absolute Gasteiger partial charge is 0.0919 e. The summed E-state index contributed by atoms with van der Waals surface area (Å²) < 4.78 is 3.76. The number of rotatable bonds is 0. The Balaban J connectivity index is 0.0000001000. The predicted molar refractivity (Wildman–Crippen MR) is 40.7 cm³/mol. The fraction of sp³-hybridized carbons (Fsp3) is 0. The molecule has 0 bridgehead atoms. The molecule has 3 nitrogen and oxygen atoms in total. The van der Waals surface area contributed by atoms with E-state index < -0.39 is 0 Å². The molecule has 52 valence electrons. The second-order valence-corrected chi connectivity index (χ2v) is 2.14. The second kappa shape index (κ2) is 4.69. The average Bonchev–Trinajstić information content (AvgIpc) is 2.67. The maximum Gasteiger partial charge on any atom is 0.0919 e. The van der Waals surface area contributed by atoms with Crippen LogP contribution in [-0.4, -0.2) is 14.3 Å². The normalized spacial score (nSPS) is 8.00. The SMILES string of the molecule is c1c[nH]cn1.c1cnsc1. The monoisotopic (exact) mass is 153 g/mol. The molecule has 0 saturated carbocycles. The van der Waals surface area contributed by atoms with Gasteiger partial charge in [0.15, 0.2) is 0 Å². The lowest BCUT2D eigenvalue weighted by Crippen LogP contribution is -1.44. The minimum atomic E-state index is 1.46. The average molecular weight is 153 g/mol. The number of nitrogens with zero attached hydrogens (tertiary/aromatic N) is 2. The van der Waals surface area contributed by atoms with Crippen molar-refractivity contribution < 1.29 is 0 Å². The molecule has 0 amide bonds. The van der Waals surface area contributed by atoms with Crippen LogP contribution in [0.15, 0.2) is 36.4 Å². The van der Waals surface area contributed by atoms with Gasteiger partial charge in [0.05, 0.1) is 6.33 Å². The molecule has 4 heteroatoms. The third-order valence-corrected chi connectivity index (χ3v) is 1.28. The largest absolute Gasteiger partial charge is 0.351 e. The van der Waals surface area contributed by atoms with Gasteiger partial charge in [0, 0.05) is 24.0 Å². The van der Waals surface area contributed by atoms with E-state index in [4.69, 9.17) is 0 Å². The molecule has 0 aliphatic rings. The van der Waals surface area contributed by atoms with Crippen molar-refractivity contribution >= 4 is 11.5 Å². The molecule has 2 rings (SSSR count). The van der Waals surface area contributed by atoms with Crippen LogP contribution in [-0.2, 0) is 0 Å². The minimum Gasteiger partial charge on any atom is -0.351 e. The highest BCUT2D eigenvalue weighted by Crippen LogP contribution is 1.83. The van der Waals surface area contributed by atoms with E-state index >= 15 is 0 Å². The van der Waals surface area contributed by atoms with Gasteiger partial charge in [0.2, 0.25) is 0 Å². The maximum absolute atomic E-state index is 3.76. The molecular weight excluding hydrogens is 146 g/mol. The van der Waals surface area contributed by atoms with Gasteiger partial charge < -0.3 is 4.98 Å². The minimum absolute atomic E-state index is 1.46. The summed E-state index contributed by atoms with van der Waals surface area (Å²) in [6, 6.07) is 1.91. The first-order chi connectivity index (χ1) is 5.00. The van der Waals surface area contributed by atoms with Crippen LogP contribution < -0.4 is 0 Å². The van der Waals surface area contributed by atoms with Crippen LogP contribution in [0.4, 0.5) is 0 Å². The van der Waals surface area contributed by atoms with E-state index in [1.54, 1.807) is 24.9 Å². The van der Waals surface area contributed by atoms with E-state index in [-0.39, 0.29) is 0 Å². The number of imidazole rings is 1. The van der Waals surface area contributed by atoms with Gasteiger partial charge in [-0.25, -0.2) is 9.36 Å². The molecule has 0 unspecified atom stereocenters. The molecule has 0 radical (unpaired) electrons. The molecule has 0 aromatic carbocycles. The Kier molecular flexibility index (Phi) is 3.26. The Bertz CT molecular complexity index is 152. The molecule has 0 saturated heterocycles. The van der Waals surface area contributed by atoms with Crippen molar-refractivity contribution in [3.05, 3.63) is 36.4 Å². The van der Waals surface area contributed by atoms with Gasteiger partial charge in [-0.1, -0.05) is 0 Å². The number of aromatic amines is 1. The van der Waals surface area contributed by atoms with E-state index in [0.29, 0.717) is 0 Å². The predicted octanol–water partition coefficient (Wildman–Crippen LogP) is 1.55. The number of nitrogens with one attached hydrogen (secondary N) is 1. The van der Waals surface area contributed by atoms with Gasteiger partial charge in [-0.2, -0.15) is 0 Å². The van der Waals surface area contributed by atoms with Crippen LogP contribution >= 0.6 is 11.5 Å². The molecule has 2 aromatic heterocycles. The Morgan fingerprint density at radius 3 is 2.50 bits per heavy atom. The summed E-state index contributed by atoms with van der Waals surface area (Å²) in [6.07, 6.45) is 6.85. The molecule has 0 aliphatic heterocycles. The third-order valence-electron chi connectivity index (χ3n) is 0.753. The van der Waals surface area contributed by atoms with E-state index in [1.165, 1.54) is 11.5 Å². The lowest BCUT2D eigenvalue weighted by atomic mass is 10.8. The number of hydrogen-bond donors (Lipinski definition) is 1. The second-order valence-electron chi connectivity index (χ2n) is 1.45. The highest BCUT2D eigenvalue weighted by atomic mass is 32.1. The Hall–Kier alpha value is -1.16. The Morgan fingerprint density at radius 1 is 1.30 bits per heavy atom. The first kappa shape index (κ1) is 6.95. The zero-order chi connectivity index (χ0) is 7.07. The quantitative estimate of drug-likeness (QED) is 0.624. The molecule has 0 spiro atoms. The van der Waals surface area contributed by atoms with Gasteiger partial charge in [-0.3, -0.25) is 0 Å². The summed E-state index contributed by atoms with van der Waals surface area (Å²) in [7, 11) is 0. The first-order valence-electron chi connectivity index (χ1n) is 2.77. The van der Waals surface area contributed by atoms with E-state index in [9.17, 15) is 0 Å². The van der Waals surface area contributed by atoms with Crippen LogP contribution in [0.2, 0.25) is 0 Å². The molecule has 2 heterocycles. The maximum atomic E-state index is 3.76. The summed E-state index contributed by atoms with van der Waals surface area (Å²) in [5.41, 5.74) is 0. The van der Waals surface area contributed by atoms with Crippen LogP contribution in [0.3, 0.4) is 0 Å². The highest BCUT2D eigenvalue weighted by molar-refractivity contribution is 7.03. The lowest BCUT2D eigenvalue weighted by Gasteiger charge is -1.46. The Labute approximate surface area is 62.9 Å². The van der Waals surface area contributed by atoms with Crippen LogP contribution in [0.5, 0.6) is 0 Å². The molecule has 0 fully saturated rings. The third kappa shape index (κ3) is 2.99. The standard InChI is InChI=1S/C3H4N2.C3H3NS/c1-2-5-3-4-1;1-2-4-5-3-1/h1-3H,(H,4,5);1-3H. The summed E-state index contributed by atoms with van der Waals surface area (Å²) in [6.45, 7) is 0. The lowest BCUT2D eigenvalue weighted by molar-refractivity contribution is 1.31. The van der Waals surface area contributed by atoms with Gasteiger partial charge in [0.1, 0.15) is 0 Å². The van der Waals surface area contributed by atoms with Crippen molar-refractivity contribution in [2.45, 2.75) is 0 Å². The molecule has 1 N–H and O–H groups in total. The van der Waals surface area contributed by atoms with Crippen LogP contribution in [0, 0.1) is 0 Å². The van der Waals surface area contributed by atoms with Gasteiger partial charge in [-0.05, 0) is 17.6 Å². The van der Waals surface area contributed by atoms with Gasteiger partial charge in [-0.15, -0.1) is 0 Å². The topological polar surface area (TPSA) is 41.6 Å². The van der Waals surface area contributed by atoms with Crippen molar-refractivity contribution in [1.29, 1.82) is 0 Å². The zero-order valence-electron chi connectivity index (χ0n) is 5.27. The molecular formula is C6H7N3S. The van der Waals surface area contributed by atoms with Crippen LogP contribution in [0.1, 0.15) is 0 Å². The first-order valence-corrected chi connectivity index (χ1v) is 3.61. The van der Waals surface area contributed by atoms with Crippen molar-refractivity contribution in [2.24, 2.45) is 0 Å². The highest BCUT2D eigenvalue weighted by Gasteiger charge is 1.59. The number of hydrogen-bond acceptors (Lipinski definition) is 3. The molecule has 10 heavy (non-hydrogen) atoms. The van der Waals surface area contributed by atoms with E-state index in [0.717, 1.165) is 0 Å². The summed E-state index contributed by atoms with van der Waals surface area (Å²) in [4.78, 5) is 6.42. The summed E-state index contributed by atoms with van der Waals surface area (Å²) in [5.74, 6) is 0. The van der Waals surface area contributed by atoms with Gasteiger partial charge in [0.25, 0.3) is 0 Å². The van der Waals surface area contributed by atoms with Crippen molar-refractivity contribution in [1.82, 2.24) is 14.3 Å². The van der Waals surface area contributed by atoms with Gasteiger partial charge >= 0.3 is 0 Å². The van der Waals surface area contributed by atoms with Crippen LogP contribution in [0.25, 0.3) is 0 Å². The van der Waals surface area contributed by atoms with Crippen molar-refractivity contribution in [3.63, 3.8) is 0 Å². The molecule has 0 aliphatic carbocycles. The molecule has 2 aromatic rings. The number of H-pyrrole nitrogens is 1. The Morgan fingerprint density at radius 2 is 2.30 bits per heavy atom. The van der Waals surface area contributed by atoms with Crippen molar-refractivity contribution in [2.75, 3.05) is 0 Å². The fourth-order valence-electron chi connectivity index (χ4n) is 0.391. The van der Waals surface area contributed by atoms with Crippen molar-refractivity contribution in [3.8, 4) is 0 Å². The number of aromatic nitrogens is 3.